The summed E-state index contributed by atoms with van der Waals surface area (Å²) in [4.78, 5) is 0.307. The predicted molar refractivity (Wildman–Crippen MR) is 84.0 cm³/mol. The van der Waals surface area contributed by atoms with E-state index in [4.69, 9.17) is 4.74 Å². The summed E-state index contributed by atoms with van der Waals surface area (Å²) < 4.78 is 32.1. The van der Waals surface area contributed by atoms with Crippen LogP contribution in [0.4, 0.5) is 5.69 Å². The second-order valence-electron chi connectivity index (χ2n) is 5.47. The van der Waals surface area contributed by atoms with Crippen molar-refractivity contribution in [3.63, 3.8) is 0 Å². The second kappa shape index (κ2) is 7.24. The second-order valence-corrected chi connectivity index (χ2v) is 7.24. The Kier molecular flexibility index (Phi) is 5.61. The van der Waals surface area contributed by atoms with Crippen molar-refractivity contribution < 1.29 is 13.2 Å². The van der Waals surface area contributed by atoms with Gasteiger partial charge in [0.1, 0.15) is 0 Å². The number of nitrogens with one attached hydrogen (secondary N) is 2. The fourth-order valence-electron chi connectivity index (χ4n) is 2.41. The Labute approximate surface area is 127 Å². The van der Waals surface area contributed by atoms with Crippen molar-refractivity contribution in [2.45, 2.75) is 50.2 Å². The number of ether oxygens (including phenoxy) is 1. The third-order valence-corrected chi connectivity index (χ3v) is 5.04. The first-order valence-corrected chi connectivity index (χ1v) is 8.97. The van der Waals surface area contributed by atoms with Crippen LogP contribution in [0.3, 0.4) is 0 Å². The number of anilines is 1. The Morgan fingerprint density at radius 1 is 1.29 bits per heavy atom. The Bertz CT molecular complexity index is 543. The number of sulfonamides is 1. The van der Waals surface area contributed by atoms with Gasteiger partial charge in [0.25, 0.3) is 0 Å². The van der Waals surface area contributed by atoms with Gasteiger partial charge < -0.3 is 10.1 Å². The highest BCUT2D eigenvalue weighted by molar-refractivity contribution is 7.89. The van der Waals surface area contributed by atoms with Crippen LogP contribution >= 0.6 is 0 Å². The lowest BCUT2D eigenvalue weighted by Crippen LogP contribution is -2.32. The monoisotopic (exact) mass is 312 g/mol. The molecular weight excluding hydrogens is 288 g/mol. The third-order valence-electron chi connectivity index (χ3n) is 3.56. The highest BCUT2D eigenvalue weighted by Crippen LogP contribution is 2.20. The number of benzene rings is 1. The summed E-state index contributed by atoms with van der Waals surface area (Å²) in [6.07, 6.45) is 3.00. The lowest BCUT2D eigenvalue weighted by Gasteiger charge is -2.28. The molecule has 0 radical (unpaired) electrons. The average molecular weight is 312 g/mol. The summed E-state index contributed by atoms with van der Waals surface area (Å²) in [6.45, 7) is 5.24. The fraction of sp³-hybridized carbons (Fsp3) is 0.600. The molecule has 5 nitrogen and oxygen atoms in total. The molecule has 118 valence electrons. The molecule has 1 aliphatic heterocycles. The van der Waals surface area contributed by atoms with Crippen LogP contribution in [0.25, 0.3) is 0 Å². The molecule has 0 spiro atoms. The van der Waals surface area contributed by atoms with E-state index in [1.54, 1.807) is 12.1 Å². The van der Waals surface area contributed by atoms with E-state index in [9.17, 15) is 8.42 Å². The van der Waals surface area contributed by atoms with Crippen LogP contribution in [0.1, 0.15) is 33.1 Å². The summed E-state index contributed by atoms with van der Waals surface area (Å²) >= 11 is 0. The van der Waals surface area contributed by atoms with Crippen molar-refractivity contribution in [3.05, 3.63) is 24.3 Å². The molecule has 0 amide bonds. The molecule has 2 rings (SSSR count). The zero-order valence-electron chi connectivity index (χ0n) is 12.6. The molecule has 0 aliphatic carbocycles. The summed E-state index contributed by atoms with van der Waals surface area (Å²) in [5.74, 6) is 0. The first-order chi connectivity index (χ1) is 10.0. The maximum Gasteiger partial charge on any atom is 0.240 e. The number of rotatable bonds is 6. The van der Waals surface area contributed by atoms with Gasteiger partial charge >= 0.3 is 0 Å². The maximum atomic E-state index is 12.0. The molecule has 1 aromatic carbocycles. The minimum absolute atomic E-state index is 0.272. The lowest BCUT2D eigenvalue weighted by molar-refractivity contribution is 0.0232. The van der Waals surface area contributed by atoms with E-state index >= 15 is 0 Å². The standard InChI is InChI=1S/C15H24N2O3S/c1-3-9-16-21(18,19)15-6-4-13(5-7-15)17-14-8-10-20-12(2)11-14/h4-7,12,14,16-17H,3,8-11H2,1-2H3. The molecule has 0 bridgehead atoms. The molecule has 0 saturated carbocycles. The van der Waals surface area contributed by atoms with Gasteiger partial charge in [-0.15, -0.1) is 0 Å². The van der Waals surface area contributed by atoms with Crippen LogP contribution in [0.5, 0.6) is 0 Å². The van der Waals surface area contributed by atoms with E-state index in [0.29, 0.717) is 17.5 Å². The molecule has 1 heterocycles. The highest BCUT2D eigenvalue weighted by Gasteiger charge is 2.19. The predicted octanol–water partition coefficient (Wildman–Crippen LogP) is 2.35. The van der Waals surface area contributed by atoms with E-state index in [1.807, 2.05) is 19.1 Å². The average Bonchev–Trinajstić information content (AvgIpc) is 2.46. The van der Waals surface area contributed by atoms with Gasteiger partial charge in [-0.2, -0.15) is 0 Å². The fourth-order valence-corrected chi connectivity index (χ4v) is 3.55. The first kappa shape index (κ1) is 16.3. The topological polar surface area (TPSA) is 67.4 Å². The van der Waals surface area contributed by atoms with Gasteiger partial charge in [0.15, 0.2) is 0 Å². The first-order valence-electron chi connectivity index (χ1n) is 7.49. The molecule has 1 saturated heterocycles. The van der Waals surface area contributed by atoms with Gasteiger partial charge in [-0.05, 0) is 50.5 Å². The number of hydrogen-bond acceptors (Lipinski definition) is 4. The van der Waals surface area contributed by atoms with E-state index in [0.717, 1.165) is 31.6 Å². The van der Waals surface area contributed by atoms with Gasteiger partial charge in [-0.25, -0.2) is 13.1 Å². The van der Waals surface area contributed by atoms with E-state index in [-0.39, 0.29) is 6.10 Å². The van der Waals surface area contributed by atoms with Crippen LogP contribution in [0, 0.1) is 0 Å². The van der Waals surface area contributed by atoms with Gasteiger partial charge in [0.05, 0.1) is 11.0 Å². The maximum absolute atomic E-state index is 12.0. The molecule has 1 aliphatic rings. The molecule has 2 N–H and O–H groups in total. The zero-order chi connectivity index (χ0) is 15.3. The van der Waals surface area contributed by atoms with Crippen LogP contribution in [-0.2, 0) is 14.8 Å². The minimum atomic E-state index is -3.38. The van der Waals surface area contributed by atoms with Crippen LogP contribution in [0.2, 0.25) is 0 Å². The summed E-state index contributed by atoms with van der Waals surface area (Å²) in [5.41, 5.74) is 0.948. The van der Waals surface area contributed by atoms with E-state index < -0.39 is 10.0 Å². The minimum Gasteiger partial charge on any atom is -0.382 e. The Morgan fingerprint density at radius 2 is 2.00 bits per heavy atom. The smallest absolute Gasteiger partial charge is 0.240 e. The molecule has 2 unspecified atom stereocenters. The van der Waals surface area contributed by atoms with Gasteiger partial charge in [0, 0.05) is 24.9 Å². The van der Waals surface area contributed by atoms with Crippen molar-refractivity contribution in [2.24, 2.45) is 0 Å². The Morgan fingerprint density at radius 3 is 2.62 bits per heavy atom. The van der Waals surface area contributed by atoms with Crippen LogP contribution < -0.4 is 10.0 Å². The molecule has 1 fully saturated rings. The van der Waals surface area contributed by atoms with E-state index in [1.165, 1.54) is 0 Å². The molecular formula is C15H24N2O3S. The highest BCUT2D eigenvalue weighted by atomic mass is 32.2. The third kappa shape index (κ3) is 4.69. The summed E-state index contributed by atoms with van der Waals surface area (Å²) in [5, 5.41) is 3.44. The van der Waals surface area contributed by atoms with Crippen molar-refractivity contribution >= 4 is 15.7 Å². The largest absolute Gasteiger partial charge is 0.382 e. The zero-order valence-corrected chi connectivity index (χ0v) is 13.4. The van der Waals surface area contributed by atoms with E-state index in [2.05, 4.69) is 17.0 Å². The Balaban J connectivity index is 1.98. The van der Waals surface area contributed by atoms with Crippen molar-refractivity contribution in [1.29, 1.82) is 0 Å². The molecule has 6 heteroatoms. The quantitative estimate of drug-likeness (QED) is 0.846. The Hall–Kier alpha value is -1.11. The molecule has 21 heavy (non-hydrogen) atoms. The van der Waals surface area contributed by atoms with Crippen LogP contribution in [-0.4, -0.2) is 33.7 Å². The SMILES string of the molecule is CCCNS(=O)(=O)c1ccc(NC2CCOC(C)C2)cc1. The summed E-state index contributed by atoms with van der Waals surface area (Å²) in [7, 11) is -3.38. The molecule has 1 aromatic rings. The molecule has 2 atom stereocenters. The lowest BCUT2D eigenvalue weighted by atomic mass is 10.0. The summed E-state index contributed by atoms with van der Waals surface area (Å²) in [6, 6.07) is 7.31. The van der Waals surface area contributed by atoms with Crippen LogP contribution in [0.15, 0.2) is 29.2 Å². The molecule has 0 aromatic heterocycles. The van der Waals surface area contributed by atoms with Crippen molar-refractivity contribution in [1.82, 2.24) is 4.72 Å². The number of hydrogen-bond donors (Lipinski definition) is 2. The van der Waals surface area contributed by atoms with Gasteiger partial charge in [0.2, 0.25) is 10.0 Å². The normalized spacial score (nSPS) is 23.0. The van der Waals surface area contributed by atoms with Crippen molar-refractivity contribution in [2.75, 3.05) is 18.5 Å². The van der Waals surface area contributed by atoms with Gasteiger partial charge in [-0.1, -0.05) is 6.92 Å². The van der Waals surface area contributed by atoms with Crippen molar-refractivity contribution in [3.8, 4) is 0 Å². The van der Waals surface area contributed by atoms with Gasteiger partial charge in [-0.3, -0.25) is 0 Å².